The molecule has 2 aromatic carbocycles. The smallest absolute Gasteiger partial charge is 0.266 e. The molecule has 1 aliphatic heterocycles. The molecule has 0 fully saturated rings. The highest BCUT2D eigenvalue weighted by atomic mass is 32.1. The zero-order valence-corrected chi connectivity index (χ0v) is 19.3. The van der Waals surface area contributed by atoms with Crippen molar-refractivity contribution in [1.82, 2.24) is 10.2 Å². The van der Waals surface area contributed by atoms with E-state index in [1.807, 2.05) is 6.92 Å². The number of nitrogens with zero attached hydrogens (tertiary/aromatic N) is 3. The van der Waals surface area contributed by atoms with Crippen molar-refractivity contribution < 1.29 is 19.1 Å². The molecule has 0 aliphatic carbocycles. The molecule has 9 heteroatoms. The number of ether oxygens (including phenoxy) is 1. The Bertz CT molecular complexity index is 1190. The number of carbonyl (C=O) groups excluding carboxylic acids is 3. The maximum absolute atomic E-state index is 13.0. The third kappa shape index (κ3) is 4.78. The van der Waals surface area contributed by atoms with Crippen molar-refractivity contribution in [3.05, 3.63) is 64.2 Å². The number of benzene rings is 2. The molecular formula is C24H24N4O4S. The van der Waals surface area contributed by atoms with Crippen LogP contribution >= 0.6 is 11.3 Å². The highest BCUT2D eigenvalue weighted by Crippen LogP contribution is 2.30. The Morgan fingerprint density at radius 1 is 1.00 bits per heavy atom. The largest absolute Gasteiger partial charge is 0.494 e. The Labute approximate surface area is 195 Å². The number of hydrogen-bond acceptors (Lipinski definition) is 7. The van der Waals surface area contributed by atoms with Crippen molar-refractivity contribution in [1.29, 1.82) is 0 Å². The average Bonchev–Trinajstić information content (AvgIpc) is 3.36. The van der Waals surface area contributed by atoms with Gasteiger partial charge < -0.3 is 4.74 Å². The predicted molar refractivity (Wildman–Crippen MR) is 126 cm³/mol. The lowest BCUT2D eigenvalue weighted by Gasteiger charge is -2.14. The number of aromatic nitrogens is 2. The van der Waals surface area contributed by atoms with E-state index in [-0.39, 0.29) is 16.7 Å². The van der Waals surface area contributed by atoms with Crippen LogP contribution < -0.4 is 15.0 Å². The van der Waals surface area contributed by atoms with Crippen LogP contribution in [0.2, 0.25) is 0 Å². The van der Waals surface area contributed by atoms with E-state index < -0.39 is 17.7 Å². The molecule has 4 rings (SSSR count). The van der Waals surface area contributed by atoms with Gasteiger partial charge in [-0.3, -0.25) is 19.7 Å². The van der Waals surface area contributed by atoms with Crippen molar-refractivity contribution in [2.45, 2.75) is 39.5 Å². The zero-order chi connectivity index (χ0) is 23.4. The molecule has 3 aromatic rings. The fourth-order valence-electron chi connectivity index (χ4n) is 3.58. The Morgan fingerprint density at radius 2 is 1.76 bits per heavy atom. The molecule has 0 atom stereocenters. The lowest BCUT2D eigenvalue weighted by atomic mass is 10.1. The predicted octanol–water partition coefficient (Wildman–Crippen LogP) is 4.72. The van der Waals surface area contributed by atoms with Gasteiger partial charge in [0, 0.05) is 12.0 Å². The molecule has 33 heavy (non-hydrogen) atoms. The normalized spacial score (nSPS) is 12.7. The second-order valence-corrected chi connectivity index (χ2v) is 8.61. The molecule has 0 spiro atoms. The van der Waals surface area contributed by atoms with Crippen LogP contribution in [0.4, 0.5) is 10.8 Å². The Morgan fingerprint density at radius 3 is 2.48 bits per heavy atom. The Balaban J connectivity index is 1.49. The minimum absolute atomic E-state index is 0.194. The molecule has 0 saturated carbocycles. The number of aryl methyl sites for hydroxylation is 1. The van der Waals surface area contributed by atoms with Crippen LogP contribution in [-0.2, 0) is 6.42 Å². The van der Waals surface area contributed by atoms with Crippen LogP contribution in [0, 0.1) is 0 Å². The van der Waals surface area contributed by atoms with Gasteiger partial charge in [0.1, 0.15) is 10.8 Å². The van der Waals surface area contributed by atoms with Crippen LogP contribution in [0.3, 0.4) is 0 Å². The standard InChI is InChI=1S/C24H24N4O4S/c1-3-5-6-7-20-26-27-24(33-20)25-21(29)15-8-13-18-19(14-15)23(31)28(22(18)30)16-9-11-17(12-10-16)32-4-2/h8-14H,3-7H2,1-2H3,(H,25,27,29). The summed E-state index contributed by atoms with van der Waals surface area (Å²) in [4.78, 5) is 39.7. The summed E-state index contributed by atoms with van der Waals surface area (Å²) in [7, 11) is 0. The van der Waals surface area contributed by atoms with E-state index in [4.69, 9.17) is 4.74 Å². The zero-order valence-electron chi connectivity index (χ0n) is 18.5. The van der Waals surface area contributed by atoms with Crippen molar-refractivity contribution >= 4 is 39.9 Å². The van der Waals surface area contributed by atoms with Gasteiger partial charge in [0.25, 0.3) is 17.7 Å². The molecular weight excluding hydrogens is 440 g/mol. The first-order chi connectivity index (χ1) is 16.0. The first kappa shape index (κ1) is 22.6. The summed E-state index contributed by atoms with van der Waals surface area (Å²) in [5.74, 6) is -0.647. The second kappa shape index (κ2) is 9.91. The van der Waals surface area contributed by atoms with E-state index in [9.17, 15) is 14.4 Å². The van der Waals surface area contributed by atoms with Crippen molar-refractivity contribution in [2.24, 2.45) is 0 Å². The summed E-state index contributed by atoms with van der Waals surface area (Å²) in [6, 6.07) is 11.2. The number of fused-ring (bicyclic) bond motifs is 1. The first-order valence-electron chi connectivity index (χ1n) is 10.9. The number of anilines is 2. The molecule has 0 radical (unpaired) electrons. The van der Waals surface area contributed by atoms with Gasteiger partial charge >= 0.3 is 0 Å². The van der Waals surface area contributed by atoms with Crippen LogP contribution in [-0.4, -0.2) is 34.5 Å². The molecule has 1 N–H and O–H groups in total. The summed E-state index contributed by atoms with van der Waals surface area (Å²) < 4.78 is 5.41. The quantitative estimate of drug-likeness (QED) is 0.363. The molecule has 170 valence electrons. The maximum Gasteiger partial charge on any atom is 0.266 e. The van der Waals surface area contributed by atoms with Crippen molar-refractivity contribution in [3.63, 3.8) is 0 Å². The molecule has 1 aromatic heterocycles. The highest BCUT2D eigenvalue weighted by Gasteiger charge is 2.37. The van der Waals surface area contributed by atoms with Gasteiger partial charge in [-0.15, -0.1) is 10.2 Å². The SMILES string of the molecule is CCCCCc1nnc(NC(=O)c2ccc3c(c2)C(=O)N(c2ccc(OCC)cc2)C3=O)s1. The number of amides is 3. The van der Waals surface area contributed by atoms with Gasteiger partial charge in [0.15, 0.2) is 0 Å². The molecule has 0 saturated heterocycles. The van der Waals surface area contributed by atoms with E-state index in [1.54, 1.807) is 24.3 Å². The second-order valence-electron chi connectivity index (χ2n) is 7.55. The molecule has 1 aliphatic rings. The fraction of sp³-hybridized carbons (Fsp3) is 0.292. The van der Waals surface area contributed by atoms with E-state index in [0.717, 1.165) is 35.6 Å². The van der Waals surface area contributed by atoms with Crippen LogP contribution in [0.25, 0.3) is 0 Å². The summed E-state index contributed by atoms with van der Waals surface area (Å²) >= 11 is 1.34. The monoisotopic (exact) mass is 464 g/mol. The number of carbonyl (C=O) groups is 3. The van der Waals surface area contributed by atoms with Gasteiger partial charge in [-0.1, -0.05) is 31.1 Å². The summed E-state index contributed by atoms with van der Waals surface area (Å²) in [5.41, 5.74) is 1.17. The lowest BCUT2D eigenvalue weighted by molar-refractivity contribution is 0.0925. The average molecular weight is 465 g/mol. The van der Waals surface area contributed by atoms with Gasteiger partial charge in [0.05, 0.1) is 23.4 Å². The first-order valence-corrected chi connectivity index (χ1v) is 11.7. The third-order valence-corrected chi connectivity index (χ3v) is 6.13. The minimum Gasteiger partial charge on any atom is -0.494 e. The van der Waals surface area contributed by atoms with E-state index in [0.29, 0.717) is 23.2 Å². The number of imide groups is 1. The summed E-state index contributed by atoms with van der Waals surface area (Å²) in [6.07, 6.45) is 4.11. The molecule has 8 nitrogen and oxygen atoms in total. The Hall–Kier alpha value is -3.59. The topological polar surface area (TPSA) is 101 Å². The van der Waals surface area contributed by atoms with Crippen LogP contribution in [0.1, 0.15) is 69.2 Å². The molecule has 0 unspecified atom stereocenters. The third-order valence-electron chi connectivity index (χ3n) is 5.24. The molecule has 0 bridgehead atoms. The number of hydrogen-bond donors (Lipinski definition) is 1. The summed E-state index contributed by atoms with van der Waals surface area (Å²) in [6.45, 7) is 4.54. The number of unbranched alkanes of at least 4 members (excludes halogenated alkanes) is 2. The van der Waals surface area contributed by atoms with Gasteiger partial charge in [-0.05, 0) is 55.8 Å². The van der Waals surface area contributed by atoms with E-state index in [1.165, 1.54) is 29.5 Å². The van der Waals surface area contributed by atoms with E-state index >= 15 is 0 Å². The lowest BCUT2D eigenvalue weighted by Crippen LogP contribution is -2.29. The van der Waals surface area contributed by atoms with Gasteiger partial charge in [-0.2, -0.15) is 0 Å². The van der Waals surface area contributed by atoms with Gasteiger partial charge in [-0.25, -0.2) is 4.90 Å². The number of nitrogens with one attached hydrogen (secondary N) is 1. The van der Waals surface area contributed by atoms with Crippen LogP contribution in [0.15, 0.2) is 42.5 Å². The van der Waals surface area contributed by atoms with Crippen molar-refractivity contribution in [2.75, 3.05) is 16.8 Å². The Kier molecular flexibility index (Phi) is 6.79. The van der Waals surface area contributed by atoms with Gasteiger partial charge in [0.2, 0.25) is 5.13 Å². The summed E-state index contributed by atoms with van der Waals surface area (Å²) in [5, 5.41) is 12.2. The van der Waals surface area contributed by atoms with E-state index in [2.05, 4.69) is 22.4 Å². The van der Waals surface area contributed by atoms with Crippen LogP contribution in [0.5, 0.6) is 5.75 Å². The fourth-order valence-corrected chi connectivity index (χ4v) is 4.35. The molecule has 2 heterocycles. The minimum atomic E-state index is -0.470. The maximum atomic E-state index is 13.0. The van der Waals surface area contributed by atoms with Crippen molar-refractivity contribution in [3.8, 4) is 5.75 Å². The highest BCUT2D eigenvalue weighted by molar-refractivity contribution is 7.15. The molecule has 3 amide bonds. The number of rotatable bonds is 9.